The summed E-state index contributed by atoms with van der Waals surface area (Å²) in [6.07, 6.45) is 1.35. The van der Waals surface area contributed by atoms with Crippen molar-refractivity contribution in [1.82, 2.24) is 4.31 Å². The Hall–Kier alpha value is -0.640. The molecule has 0 aromatic carbocycles. The van der Waals surface area contributed by atoms with Crippen molar-refractivity contribution in [1.29, 1.82) is 5.26 Å². The van der Waals surface area contributed by atoms with Crippen molar-refractivity contribution in [2.75, 3.05) is 12.3 Å². The van der Waals surface area contributed by atoms with Crippen molar-refractivity contribution in [3.8, 4) is 6.07 Å². The minimum atomic E-state index is -3.39. The minimum absolute atomic E-state index is 0.0820. The molecule has 0 aliphatic carbocycles. The summed E-state index contributed by atoms with van der Waals surface area (Å²) in [6, 6.07) is 1.67. The largest absolute Gasteiger partial charge is 0.328 e. The number of piperidine rings is 1. The van der Waals surface area contributed by atoms with Crippen LogP contribution in [0.2, 0.25) is 0 Å². The van der Waals surface area contributed by atoms with Gasteiger partial charge in [0.15, 0.2) is 5.75 Å². The Kier molecular flexibility index (Phi) is 3.48. The SMILES string of the molecule is CC1CC(N)CCN1S(=O)(=O)CC#N. The molecule has 1 fully saturated rings. The van der Waals surface area contributed by atoms with Crippen molar-refractivity contribution < 1.29 is 8.42 Å². The lowest BCUT2D eigenvalue weighted by Gasteiger charge is -2.34. The average molecular weight is 217 g/mol. The molecular formula is C8H15N3O2S. The molecule has 1 saturated heterocycles. The fourth-order valence-electron chi connectivity index (χ4n) is 1.76. The van der Waals surface area contributed by atoms with Crippen LogP contribution < -0.4 is 5.73 Å². The van der Waals surface area contributed by atoms with E-state index in [0.29, 0.717) is 19.4 Å². The van der Waals surface area contributed by atoms with Crippen molar-refractivity contribution in [3.63, 3.8) is 0 Å². The number of nitriles is 1. The van der Waals surface area contributed by atoms with Gasteiger partial charge in [-0.3, -0.25) is 0 Å². The second kappa shape index (κ2) is 4.26. The minimum Gasteiger partial charge on any atom is -0.328 e. The van der Waals surface area contributed by atoms with E-state index in [1.807, 2.05) is 6.92 Å². The average Bonchev–Trinajstić information content (AvgIpc) is 2.02. The van der Waals surface area contributed by atoms with E-state index >= 15 is 0 Å². The molecule has 0 radical (unpaired) electrons. The first-order valence-corrected chi connectivity index (χ1v) is 6.20. The first-order valence-electron chi connectivity index (χ1n) is 4.59. The normalized spacial score (nSPS) is 29.8. The predicted octanol–water partition coefficient (Wildman–Crippen LogP) is -0.349. The first-order chi connectivity index (χ1) is 6.47. The van der Waals surface area contributed by atoms with Crippen LogP contribution in [0.25, 0.3) is 0 Å². The van der Waals surface area contributed by atoms with Crippen molar-refractivity contribution in [2.45, 2.75) is 31.8 Å². The Morgan fingerprint density at radius 1 is 1.64 bits per heavy atom. The van der Waals surface area contributed by atoms with E-state index in [4.69, 9.17) is 11.0 Å². The zero-order chi connectivity index (χ0) is 10.8. The Morgan fingerprint density at radius 3 is 2.79 bits per heavy atom. The summed E-state index contributed by atoms with van der Waals surface area (Å²) < 4.78 is 24.5. The third kappa shape index (κ3) is 2.44. The molecular weight excluding hydrogens is 202 g/mol. The fourth-order valence-corrected chi connectivity index (χ4v) is 3.11. The molecule has 0 spiro atoms. The Labute approximate surface area is 84.5 Å². The summed E-state index contributed by atoms with van der Waals surface area (Å²) in [5, 5.41) is 8.39. The highest BCUT2D eigenvalue weighted by atomic mass is 32.2. The van der Waals surface area contributed by atoms with Gasteiger partial charge in [-0.05, 0) is 19.8 Å². The zero-order valence-electron chi connectivity index (χ0n) is 8.18. The van der Waals surface area contributed by atoms with Crippen molar-refractivity contribution >= 4 is 10.0 Å². The lowest BCUT2D eigenvalue weighted by atomic mass is 10.0. The van der Waals surface area contributed by atoms with Gasteiger partial charge < -0.3 is 5.73 Å². The smallest absolute Gasteiger partial charge is 0.227 e. The highest BCUT2D eigenvalue weighted by Crippen LogP contribution is 2.19. The van der Waals surface area contributed by atoms with Crippen molar-refractivity contribution in [3.05, 3.63) is 0 Å². The Bertz CT molecular complexity index is 333. The van der Waals surface area contributed by atoms with Crippen LogP contribution in [-0.4, -0.2) is 37.1 Å². The van der Waals surface area contributed by atoms with Crippen LogP contribution in [0.3, 0.4) is 0 Å². The maximum Gasteiger partial charge on any atom is 0.227 e. The van der Waals surface area contributed by atoms with Gasteiger partial charge in [0.25, 0.3) is 0 Å². The molecule has 5 nitrogen and oxygen atoms in total. The summed E-state index contributed by atoms with van der Waals surface area (Å²) in [5.74, 6) is -0.438. The summed E-state index contributed by atoms with van der Waals surface area (Å²) in [5.41, 5.74) is 5.72. The van der Waals surface area contributed by atoms with E-state index in [0.717, 1.165) is 0 Å². The Balaban J connectivity index is 2.75. The van der Waals surface area contributed by atoms with Crippen LogP contribution in [0.5, 0.6) is 0 Å². The van der Waals surface area contributed by atoms with Gasteiger partial charge in [-0.1, -0.05) is 0 Å². The number of hydrogen-bond donors (Lipinski definition) is 1. The van der Waals surface area contributed by atoms with E-state index in [1.165, 1.54) is 4.31 Å². The molecule has 80 valence electrons. The number of nitrogens with zero attached hydrogens (tertiary/aromatic N) is 2. The summed E-state index contributed by atoms with van der Waals surface area (Å²) in [4.78, 5) is 0. The van der Waals surface area contributed by atoms with Gasteiger partial charge in [0.2, 0.25) is 10.0 Å². The number of hydrogen-bond acceptors (Lipinski definition) is 4. The monoisotopic (exact) mass is 217 g/mol. The molecule has 1 heterocycles. The van der Waals surface area contributed by atoms with Crippen LogP contribution in [0.1, 0.15) is 19.8 Å². The Morgan fingerprint density at radius 2 is 2.29 bits per heavy atom. The second-order valence-electron chi connectivity index (χ2n) is 3.66. The highest BCUT2D eigenvalue weighted by Gasteiger charge is 2.31. The third-order valence-electron chi connectivity index (χ3n) is 2.46. The zero-order valence-corrected chi connectivity index (χ0v) is 9.00. The van der Waals surface area contributed by atoms with E-state index in [9.17, 15) is 8.42 Å². The van der Waals surface area contributed by atoms with E-state index in [2.05, 4.69) is 0 Å². The molecule has 14 heavy (non-hydrogen) atoms. The van der Waals surface area contributed by atoms with Crippen LogP contribution in [-0.2, 0) is 10.0 Å². The lowest BCUT2D eigenvalue weighted by molar-refractivity contribution is 0.248. The van der Waals surface area contributed by atoms with Crippen LogP contribution >= 0.6 is 0 Å². The molecule has 6 heteroatoms. The summed E-state index contributed by atoms with van der Waals surface area (Å²) in [6.45, 7) is 2.26. The molecule has 1 aliphatic heterocycles. The first kappa shape index (κ1) is 11.4. The molecule has 1 aliphatic rings. The molecule has 0 aromatic rings. The molecule has 0 aromatic heterocycles. The van der Waals surface area contributed by atoms with Gasteiger partial charge in [0.05, 0.1) is 6.07 Å². The van der Waals surface area contributed by atoms with Crippen LogP contribution in [0, 0.1) is 11.3 Å². The molecule has 1 rings (SSSR count). The molecule has 2 atom stereocenters. The molecule has 0 saturated carbocycles. The predicted molar refractivity (Wildman–Crippen MR) is 52.8 cm³/mol. The van der Waals surface area contributed by atoms with Crippen LogP contribution in [0.4, 0.5) is 0 Å². The van der Waals surface area contributed by atoms with Crippen LogP contribution in [0.15, 0.2) is 0 Å². The third-order valence-corrected chi connectivity index (χ3v) is 4.21. The summed E-state index contributed by atoms with van der Waals surface area (Å²) >= 11 is 0. The number of nitrogens with two attached hydrogens (primary N) is 1. The maximum atomic E-state index is 11.6. The van der Waals surface area contributed by atoms with Crippen molar-refractivity contribution in [2.24, 2.45) is 5.73 Å². The quantitative estimate of drug-likeness (QED) is 0.685. The number of sulfonamides is 1. The molecule has 2 N–H and O–H groups in total. The highest BCUT2D eigenvalue weighted by molar-refractivity contribution is 7.89. The van der Waals surface area contributed by atoms with Gasteiger partial charge in [-0.25, -0.2) is 8.42 Å². The standard InChI is InChI=1S/C8H15N3O2S/c1-7-6-8(10)2-4-11(7)14(12,13)5-3-9/h7-8H,2,4-6,10H2,1H3. The molecule has 0 bridgehead atoms. The second-order valence-corrected chi connectivity index (χ2v) is 5.58. The van der Waals surface area contributed by atoms with E-state index < -0.39 is 15.8 Å². The van der Waals surface area contributed by atoms with Gasteiger partial charge in [-0.2, -0.15) is 9.57 Å². The van der Waals surface area contributed by atoms with E-state index in [-0.39, 0.29) is 12.1 Å². The fraction of sp³-hybridized carbons (Fsp3) is 0.875. The lowest BCUT2D eigenvalue weighted by Crippen LogP contribution is -2.48. The van der Waals surface area contributed by atoms with E-state index in [1.54, 1.807) is 6.07 Å². The van der Waals surface area contributed by atoms with Gasteiger partial charge >= 0.3 is 0 Å². The van der Waals surface area contributed by atoms with Gasteiger partial charge in [0.1, 0.15) is 0 Å². The molecule has 0 amide bonds. The number of rotatable bonds is 2. The molecule has 2 unspecified atom stereocenters. The van der Waals surface area contributed by atoms with Gasteiger partial charge in [-0.15, -0.1) is 0 Å². The topological polar surface area (TPSA) is 87.2 Å². The maximum absolute atomic E-state index is 11.6. The summed E-state index contributed by atoms with van der Waals surface area (Å²) in [7, 11) is -3.39. The van der Waals surface area contributed by atoms with Gasteiger partial charge in [0, 0.05) is 18.6 Å².